The predicted octanol–water partition coefficient (Wildman–Crippen LogP) is 3.07. The number of carbonyl (C=O) groups excluding carboxylic acids is 1. The lowest BCUT2D eigenvalue weighted by molar-refractivity contribution is -0.142. The molecule has 6 heteroatoms. The number of rotatable bonds is 5. The third-order valence-electron chi connectivity index (χ3n) is 4.10. The van der Waals surface area contributed by atoms with Gasteiger partial charge in [0.25, 0.3) is 5.91 Å². The van der Waals surface area contributed by atoms with Gasteiger partial charge < -0.3 is 15.2 Å². The van der Waals surface area contributed by atoms with Gasteiger partial charge in [0.2, 0.25) is 0 Å². The Kier molecular flexibility index (Phi) is 6.02. The van der Waals surface area contributed by atoms with Crippen molar-refractivity contribution in [1.29, 1.82) is 0 Å². The molecule has 1 aromatic carbocycles. The van der Waals surface area contributed by atoms with E-state index < -0.39 is 17.9 Å². The fraction of sp³-hybridized carbons (Fsp3) is 0.529. The molecule has 2 unspecified atom stereocenters. The van der Waals surface area contributed by atoms with E-state index >= 15 is 0 Å². The summed E-state index contributed by atoms with van der Waals surface area (Å²) in [7, 11) is 0. The largest absolute Gasteiger partial charge is 0.480 e. The molecular weight excluding hydrogens is 318 g/mol. The van der Waals surface area contributed by atoms with Crippen molar-refractivity contribution in [2.24, 2.45) is 5.92 Å². The maximum atomic E-state index is 12.4. The molecule has 0 aliphatic carbocycles. The normalized spacial score (nSPS) is 19.4. The first-order valence-corrected chi connectivity index (χ1v) is 8.18. The van der Waals surface area contributed by atoms with E-state index in [0.717, 1.165) is 18.4 Å². The van der Waals surface area contributed by atoms with Crippen LogP contribution in [0.5, 0.6) is 0 Å². The Bertz CT molecular complexity index is 582. The van der Waals surface area contributed by atoms with Crippen LogP contribution >= 0.6 is 11.6 Å². The van der Waals surface area contributed by atoms with Crippen LogP contribution in [0, 0.1) is 5.92 Å². The number of hydrogen-bond donors (Lipinski definition) is 2. The van der Waals surface area contributed by atoms with E-state index in [4.69, 9.17) is 16.3 Å². The molecule has 0 spiro atoms. The van der Waals surface area contributed by atoms with Gasteiger partial charge in [-0.25, -0.2) is 4.79 Å². The van der Waals surface area contributed by atoms with Crippen LogP contribution in [0.25, 0.3) is 0 Å². The van der Waals surface area contributed by atoms with Gasteiger partial charge in [0.1, 0.15) is 6.04 Å². The molecule has 1 saturated heterocycles. The lowest BCUT2D eigenvalue weighted by atomic mass is 9.93. The maximum absolute atomic E-state index is 12.4. The molecule has 0 aromatic heterocycles. The number of halogens is 1. The van der Waals surface area contributed by atoms with Gasteiger partial charge in [0.15, 0.2) is 0 Å². The number of carbonyl (C=O) groups is 2. The van der Waals surface area contributed by atoms with Crippen LogP contribution in [0.2, 0.25) is 5.02 Å². The quantitative estimate of drug-likeness (QED) is 0.864. The van der Waals surface area contributed by atoms with Crippen molar-refractivity contribution >= 4 is 23.5 Å². The zero-order chi connectivity index (χ0) is 17.0. The molecule has 1 aromatic rings. The number of ether oxygens (including phenoxy) is 1. The number of nitrogens with one attached hydrogen (secondary N) is 1. The van der Waals surface area contributed by atoms with E-state index in [9.17, 15) is 14.7 Å². The summed E-state index contributed by atoms with van der Waals surface area (Å²) in [6.07, 6.45) is 1.53. The average Bonchev–Trinajstić information content (AvgIpc) is 2.52. The molecule has 126 valence electrons. The molecule has 2 N–H and O–H groups in total. The minimum absolute atomic E-state index is 0.212. The van der Waals surface area contributed by atoms with Crippen LogP contribution in [0.4, 0.5) is 0 Å². The summed E-state index contributed by atoms with van der Waals surface area (Å²) in [6, 6.07) is 4.11. The Hall–Kier alpha value is -1.59. The van der Waals surface area contributed by atoms with Crippen molar-refractivity contribution in [2.45, 2.75) is 38.6 Å². The second-order valence-electron chi connectivity index (χ2n) is 6.16. The van der Waals surface area contributed by atoms with Crippen molar-refractivity contribution in [3.05, 3.63) is 34.3 Å². The van der Waals surface area contributed by atoms with Crippen molar-refractivity contribution in [1.82, 2.24) is 5.32 Å². The smallest absolute Gasteiger partial charge is 0.326 e. The average molecular weight is 340 g/mol. The van der Waals surface area contributed by atoms with E-state index in [1.165, 1.54) is 0 Å². The minimum atomic E-state index is -1.04. The lowest BCUT2D eigenvalue weighted by Crippen LogP contribution is -2.48. The third kappa shape index (κ3) is 4.45. The van der Waals surface area contributed by atoms with E-state index in [0.29, 0.717) is 23.8 Å². The van der Waals surface area contributed by atoms with E-state index in [-0.39, 0.29) is 11.8 Å². The van der Waals surface area contributed by atoms with Gasteiger partial charge in [-0.05, 0) is 36.5 Å². The molecular formula is C17H22ClNO4. The summed E-state index contributed by atoms with van der Waals surface area (Å²) in [5.74, 6) is -1.43. The Morgan fingerprint density at radius 2 is 2.13 bits per heavy atom. The van der Waals surface area contributed by atoms with Crippen LogP contribution in [0.15, 0.2) is 18.2 Å². The summed E-state index contributed by atoms with van der Waals surface area (Å²) in [5, 5.41) is 12.5. The molecule has 0 saturated carbocycles. The summed E-state index contributed by atoms with van der Waals surface area (Å²) >= 11 is 6.20. The van der Waals surface area contributed by atoms with Crippen molar-refractivity contribution in [2.75, 3.05) is 13.2 Å². The summed E-state index contributed by atoms with van der Waals surface area (Å²) < 4.78 is 5.33. The number of benzene rings is 1. The molecule has 0 radical (unpaired) electrons. The van der Waals surface area contributed by atoms with Gasteiger partial charge in [-0.2, -0.15) is 0 Å². The fourth-order valence-electron chi connectivity index (χ4n) is 2.77. The molecule has 23 heavy (non-hydrogen) atoms. The van der Waals surface area contributed by atoms with Crippen molar-refractivity contribution in [3.8, 4) is 0 Å². The molecule has 0 bridgehead atoms. The second-order valence-corrected chi connectivity index (χ2v) is 6.56. The highest BCUT2D eigenvalue weighted by atomic mass is 35.5. The zero-order valence-corrected chi connectivity index (χ0v) is 14.1. The Balaban J connectivity index is 2.12. The number of aliphatic carboxylic acids is 1. The topological polar surface area (TPSA) is 75.6 Å². The van der Waals surface area contributed by atoms with Gasteiger partial charge in [0, 0.05) is 23.1 Å². The Morgan fingerprint density at radius 1 is 1.39 bits per heavy atom. The first-order chi connectivity index (χ1) is 10.9. The first-order valence-electron chi connectivity index (χ1n) is 7.81. The number of carboxylic acid groups (broad SMARTS) is 1. The van der Waals surface area contributed by atoms with Gasteiger partial charge >= 0.3 is 5.97 Å². The first kappa shape index (κ1) is 17.8. The minimum Gasteiger partial charge on any atom is -0.480 e. The molecule has 1 fully saturated rings. The Labute approximate surface area is 141 Å². The van der Waals surface area contributed by atoms with Crippen LogP contribution in [0.1, 0.15) is 48.5 Å². The summed E-state index contributed by atoms with van der Waals surface area (Å²) in [6.45, 7) is 5.03. The molecule has 1 aliphatic heterocycles. The summed E-state index contributed by atoms with van der Waals surface area (Å²) in [5.41, 5.74) is 1.32. The van der Waals surface area contributed by atoms with Crippen LogP contribution in [0.3, 0.4) is 0 Å². The summed E-state index contributed by atoms with van der Waals surface area (Å²) in [4.78, 5) is 23.8. The number of amides is 1. The fourth-order valence-corrected chi connectivity index (χ4v) is 3.17. The van der Waals surface area contributed by atoms with E-state index in [1.54, 1.807) is 18.2 Å². The molecule has 2 atom stereocenters. The molecule has 5 nitrogen and oxygen atoms in total. The Morgan fingerprint density at radius 3 is 2.65 bits per heavy atom. The van der Waals surface area contributed by atoms with E-state index in [1.807, 2.05) is 13.8 Å². The zero-order valence-electron chi connectivity index (χ0n) is 13.3. The molecule has 1 heterocycles. The SMILES string of the molecule is CC(C)c1ccc(C(=O)NC(C(=O)O)C2CCCOC2)cc1Cl. The van der Waals surface area contributed by atoms with Crippen LogP contribution in [-0.2, 0) is 9.53 Å². The number of hydrogen-bond acceptors (Lipinski definition) is 3. The van der Waals surface area contributed by atoms with Crippen molar-refractivity contribution in [3.63, 3.8) is 0 Å². The number of carboxylic acids is 1. The van der Waals surface area contributed by atoms with E-state index in [2.05, 4.69) is 5.32 Å². The van der Waals surface area contributed by atoms with Gasteiger partial charge in [0.05, 0.1) is 6.61 Å². The van der Waals surface area contributed by atoms with Crippen LogP contribution < -0.4 is 5.32 Å². The predicted molar refractivity (Wildman–Crippen MR) is 88.0 cm³/mol. The lowest BCUT2D eigenvalue weighted by Gasteiger charge is -2.28. The molecule has 1 aliphatic rings. The standard InChI is InChI=1S/C17H22ClNO4/c1-10(2)13-6-5-11(8-14(13)18)16(20)19-15(17(21)22)12-4-3-7-23-9-12/h5-6,8,10,12,15H,3-4,7,9H2,1-2H3,(H,19,20)(H,21,22). The second kappa shape index (κ2) is 7.79. The highest BCUT2D eigenvalue weighted by Crippen LogP contribution is 2.25. The van der Waals surface area contributed by atoms with Gasteiger partial charge in [-0.3, -0.25) is 4.79 Å². The van der Waals surface area contributed by atoms with Crippen molar-refractivity contribution < 1.29 is 19.4 Å². The highest BCUT2D eigenvalue weighted by molar-refractivity contribution is 6.31. The monoisotopic (exact) mass is 339 g/mol. The highest BCUT2D eigenvalue weighted by Gasteiger charge is 2.31. The van der Waals surface area contributed by atoms with Crippen LogP contribution in [-0.4, -0.2) is 36.2 Å². The van der Waals surface area contributed by atoms with Gasteiger partial charge in [-0.1, -0.05) is 31.5 Å². The maximum Gasteiger partial charge on any atom is 0.326 e. The van der Waals surface area contributed by atoms with Gasteiger partial charge in [-0.15, -0.1) is 0 Å². The third-order valence-corrected chi connectivity index (χ3v) is 4.43. The molecule has 2 rings (SSSR count). The molecule has 1 amide bonds.